The second-order valence-corrected chi connectivity index (χ2v) is 17.8. The van der Waals surface area contributed by atoms with Crippen LogP contribution in [0.1, 0.15) is 34.6 Å². The predicted molar refractivity (Wildman–Crippen MR) is 153 cm³/mol. The summed E-state index contributed by atoms with van der Waals surface area (Å²) < 4.78 is 11.4. The average molecular weight is 566 g/mol. The van der Waals surface area contributed by atoms with E-state index in [1.165, 1.54) is 10.4 Å². The zero-order valence-electron chi connectivity index (χ0n) is 23.6. The second-order valence-electron chi connectivity index (χ2n) is 10.9. The van der Waals surface area contributed by atoms with Gasteiger partial charge in [-0.3, -0.25) is 5.70 Å². The summed E-state index contributed by atoms with van der Waals surface area (Å²) in [6, 6.07) is 20.9. The first-order valence-corrected chi connectivity index (χ1v) is 17.5. The number of benzene rings is 2. The Morgan fingerprint density at radius 2 is 1.58 bits per heavy atom. The average Bonchev–Trinajstić information content (AvgIpc) is 3.07. The van der Waals surface area contributed by atoms with Gasteiger partial charge in [0.1, 0.15) is 11.3 Å². The Balaban J connectivity index is 0.000000944. The molecule has 2 radical (unpaired) electrons. The number of hydrogen-bond acceptors (Lipinski definition) is 3. The van der Waals surface area contributed by atoms with Gasteiger partial charge < -0.3 is 20.4 Å². The van der Waals surface area contributed by atoms with Crippen LogP contribution in [0.4, 0.5) is 4.79 Å². The van der Waals surface area contributed by atoms with Gasteiger partial charge >= 0.3 is 23.2 Å². The van der Waals surface area contributed by atoms with E-state index in [-0.39, 0.29) is 56.9 Å². The molecule has 1 heterocycles. The van der Waals surface area contributed by atoms with Gasteiger partial charge in [0.2, 0.25) is 0 Å². The Morgan fingerprint density at radius 3 is 2.03 bits per heavy atom. The molecule has 0 saturated carbocycles. The van der Waals surface area contributed by atoms with E-state index in [0.29, 0.717) is 6.61 Å². The summed E-state index contributed by atoms with van der Waals surface area (Å²) in [4.78, 5) is 14.3. The number of hydrogen-bond donors (Lipinski definition) is 0. The smallest absolute Gasteiger partial charge is 0.478 e. The van der Waals surface area contributed by atoms with Crippen LogP contribution in [-0.2, 0) is 26.5 Å². The Kier molecular flexibility index (Phi) is 14.4. The van der Waals surface area contributed by atoms with Crippen molar-refractivity contribution in [3.05, 3.63) is 72.4 Å². The van der Waals surface area contributed by atoms with Crippen molar-refractivity contribution >= 4 is 52.2 Å². The van der Waals surface area contributed by atoms with Crippen LogP contribution in [0.25, 0.3) is 0 Å². The molecule has 2 aromatic rings. The maximum Gasteiger partial charge on any atom is 1.00 e. The Labute approximate surface area is 244 Å². The molecule has 1 saturated heterocycles. The number of carbonyl (C=O) groups excluding carboxylic acids is 1. The van der Waals surface area contributed by atoms with Gasteiger partial charge in [-0.1, -0.05) is 103 Å². The summed E-state index contributed by atoms with van der Waals surface area (Å²) in [6.07, 6.45) is 3.07. The maximum absolute atomic E-state index is 12.7. The van der Waals surface area contributed by atoms with Crippen molar-refractivity contribution in [3.8, 4) is 0 Å². The first kappa shape index (κ1) is 35.0. The third kappa shape index (κ3) is 10.8. The number of ether oxygens (including phenoxy) is 2. The van der Waals surface area contributed by atoms with E-state index in [1.54, 1.807) is 4.90 Å². The van der Waals surface area contributed by atoms with Gasteiger partial charge in [0.25, 0.3) is 0 Å². The molecule has 1 aliphatic heterocycles. The number of amides is 1. The van der Waals surface area contributed by atoms with E-state index in [9.17, 15) is 4.79 Å². The van der Waals surface area contributed by atoms with Crippen LogP contribution in [0.15, 0.2) is 66.4 Å². The molecule has 196 valence electrons. The van der Waals surface area contributed by atoms with Gasteiger partial charge in [-0.2, -0.15) is 0 Å². The van der Waals surface area contributed by atoms with Gasteiger partial charge in [0.15, 0.2) is 0 Å². The summed E-state index contributed by atoms with van der Waals surface area (Å²) in [7, 11) is -1.99. The van der Waals surface area contributed by atoms with E-state index in [4.69, 9.17) is 9.47 Å². The monoisotopic (exact) mass is 565 g/mol. The predicted octanol–water partition coefficient (Wildman–Crippen LogP) is 5.14. The van der Waals surface area contributed by atoms with E-state index in [2.05, 4.69) is 92.6 Å². The minimum Gasteiger partial charge on any atom is -0.478 e. The molecule has 0 spiro atoms. The summed E-state index contributed by atoms with van der Waals surface area (Å²) in [5.41, 5.74) is 0.920. The summed E-state index contributed by atoms with van der Waals surface area (Å²) >= 11 is 0. The fourth-order valence-electron chi connectivity index (χ4n) is 3.61. The van der Waals surface area contributed by atoms with Gasteiger partial charge in [-0.15, -0.1) is 0 Å². The van der Waals surface area contributed by atoms with E-state index >= 15 is 0 Å². The Hall–Kier alpha value is -1.04. The third-order valence-electron chi connectivity index (χ3n) is 5.58. The number of nitrogens with zero attached hydrogens (tertiary/aromatic N) is 1. The zero-order chi connectivity index (χ0) is 25.6. The van der Waals surface area contributed by atoms with Crippen LogP contribution in [0.3, 0.4) is 0 Å². The zero-order valence-corrected chi connectivity index (χ0v) is 26.6. The molecule has 1 aliphatic rings. The van der Waals surface area contributed by atoms with Crippen molar-refractivity contribution in [2.75, 3.05) is 6.61 Å². The minimum absolute atomic E-state index is 0. The Bertz CT molecular complexity index is 948. The number of carbonyl (C=O) groups is 1. The van der Waals surface area contributed by atoms with Crippen LogP contribution in [0.5, 0.6) is 0 Å². The van der Waals surface area contributed by atoms with Crippen LogP contribution >= 0.6 is 0 Å². The molecule has 3 rings (SSSR count). The van der Waals surface area contributed by atoms with Crippen LogP contribution in [0, 0.1) is 6.08 Å². The topological polar surface area (TPSA) is 38.8 Å². The van der Waals surface area contributed by atoms with Crippen LogP contribution < -0.4 is 10.4 Å². The summed E-state index contributed by atoms with van der Waals surface area (Å²) in [5.74, 6) is 0. The minimum atomic E-state index is -1.77. The van der Waals surface area contributed by atoms with Crippen molar-refractivity contribution in [1.82, 2.24) is 4.90 Å². The molecule has 8 heteroatoms. The molecule has 0 N–H and O–H groups in total. The van der Waals surface area contributed by atoms with E-state index in [1.807, 2.05) is 40.7 Å². The second kappa shape index (κ2) is 14.8. The van der Waals surface area contributed by atoms with Crippen molar-refractivity contribution < 1.29 is 31.3 Å². The summed E-state index contributed by atoms with van der Waals surface area (Å²) in [5, 5.41) is 2.85. The third-order valence-corrected chi connectivity index (χ3v) is 9.78. The van der Waals surface area contributed by atoms with Gasteiger partial charge in [-0.25, -0.2) is 4.79 Å². The quantitative estimate of drug-likeness (QED) is 0.381. The van der Waals surface area contributed by atoms with Crippen molar-refractivity contribution in [2.45, 2.75) is 78.2 Å². The molecular formula is C28H41CuLiNO3Si2. The largest absolute Gasteiger partial charge is 1.00 e. The first-order valence-electron chi connectivity index (χ1n) is 11.9. The van der Waals surface area contributed by atoms with Crippen LogP contribution in [0.2, 0.25) is 26.2 Å². The Morgan fingerprint density at radius 1 is 1.08 bits per heavy atom. The normalized spacial score (nSPS) is 17.1. The molecule has 1 fully saturated rings. The molecule has 1 amide bonds. The molecule has 0 aliphatic carbocycles. The molecule has 0 aromatic heterocycles. The SMILES string of the molecule is CC(C)(C)OC(=O)N1[C@H]([C-]=C[Si](C)(C)c2ccccc2)COC1(C)C.C[Si](C)c1ccccc1.[Cu+].[Li]. The van der Waals surface area contributed by atoms with E-state index in [0.717, 1.165) is 0 Å². The number of rotatable bonds is 4. The molecule has 2 aromatic carbocycles. The summed E-state index contributed by atoms with van der Waals surface area (Å²) in [6.45, 7) is 19.0. The molecule has 4 nitrogen and oxygen atoms in total. The molecular weight excluding hydrogens is 525 g/mol. The fourth-order valence-corrected chi connectivity index (χ4v) is 6.30. The van der Waals surface area contributed by atoms with Gasteiger partial charge in [0, 0.05) is 25.5 Å². The molecule has 1 atom stereocenters. The maximum atomic E-state index is 12.7. The van der Waals surface area contributed by atoms with Crippen molar-refractivity contribution in [3.63, 3.8) is 0 Å². The van der Waals surface area contributed by atoms with E-state index < -0.39 is 19.4 Å². The first-order chi connectivity index (χ1) is 15.7. The van der Waals surface area contributed by atoms with Gasteiger partial charge in [0.05, 0.1) is 16.9 Å². The standard InChI is InChI=1S/C20H30NO3Si.C8H11Si.Cu.Li/c1-19(2,3)24-18(22)21-16(15-23-20(21,4)5)13-14-25(6,7)17-11-9-8-10-12-17;1-9(2)8-6-4-3-5-7-8;;/h8-12,14,16H,15H2,1-7H3;3-7H,1-2H3;;/q-1;;+1;/t16-;;;/m1.../s1. The van der Waals surface area contributed by atoms with Crippen LogP contribution in [-0.4, -0.2) is 70.7 Å². The van der Waals surface area contributed by atoms with Crippen molar-refractivity contribution in [2.24, 2.45) is 0 Å². The molecule has 0 bridgehead atoms. The van der Waals surface area contributed by atoms with Crippen molar-refractivity contribution in [1.29, 1.82) is 0 Å². The molecule has 0 unspecified atom stereocenters. The fraction of sp³-hybridized carbons (Fsp3) is 0.464. The molecule has 36 heavy (non-hydrogen) atoms. The van der Waals surface area contributed by atoms with Gasteiger partial charge in [-0.05, 0) is 34.6 Å².